The third-order valence-electron chi connectivity index (χ3n) is 7.78. The van der Waals surface area contributed by atoms with Crippen LogP contribution in [0.3, 0.4) is 0 Å². The molecule has 3 saturated heterocycles. The molecule has 4 aliphatic heterocycles. The summed E-state index contributed by atoms with van der Waals surface area (Å²) in [5, 5.41) is 5.67. The van der Waals surface area contributed by atoms with Gasteiger partial charge in [-0.25, -0.2) is 0 Å². The molecule has 182 valence electrons. The number of hydrogen-bond acceptors (Lipinski definition) is 7. The second-order valence-corrected chi connectivity index (χ2v) is 9.74. The molecule has 34 heavy (non-hydrogen) atoms. The highest BCUT2D eigenvalue weighted by atomic mass is 16.5. The van der Waals surface area contributed by atoms with Gasteiger partial charge in [0, 0.05) is 13.0 Å². The Hall–Kier alpha value is -2.78. The predicted molar refractivity (Wildman–Crippen MR) is 123 cm³/mol. The van der Waals surface area contributed by atoms with E-state index in [1.54, 1.807) is 18.2 Å². The second kappa shape index (κ2) is 9.84. The zero-order valence-corrected chi connectivity index (χ0v) is 19.4. The van der Waals surface area contributed by atoms with Crippen LogP contribution in [-0.2, 0) is 9.59 Å². The Labute approximate surface area is 199 Å². The topological polar surface area (TPSA) is 108 Å². The predicted octanol–water partition coefficient (Wildman–Crippen LogP) is 1.18. The van der Waals surface area contributed by atoms with Crippen molar-refractivity contribution in [1.29, 1.82) is 0 Å². The Bertz CT molecular complexity index is 982. The van der Waals surface area contributed by atoms with E-state index in [-0.39, 0.29) is 29.9 Å². The Morgan fingerprint density at radius 2 is 1.65 bits per heavy atom. The third-order valence-corrected chi connectivity index (χ3v) is 7.78. The van der Waals surface area contributed by atoms with E-state index in [9.17, 15) is 19.2 Å². The Balaban J connectivity index is 1.17. The van der Waals surface area contributed by atoms with Crippen molar-refractivity contribution in [3.63, 3.8) is 0 Å². The lowest BCUT2D eigenvalue weighted by molar-refractivity contribution is -0.136. The third kappa shape index (κ3) is 4.46. The van der Waals surface area contributed by atoms with Crippen molar-refractivity contribution in [3.8, 4) is 5.75 Å². The van der Waals surface area contributed by atoms with E-state index in [2.05, 4.69) is 15.5 Å². The zero-order valence-electron chi connectivity index (χ0n) is 19.4. The number of nitrogens with zero attached hydrogens (tertiary/aromatic N) is 2. The average molecular weight is 469 g/mol. The van der Waals surface area contributed by atoms with Gasteiger partial charge < -0.3 is 10.1 Å². The molecule has 0 saturated carbocycles. The van der Waals surface area contributed by atoms with E-state index in [0.29, 0.717) is 12.4 Å². The monoisotopic (exact) mass is 468 g/mol. The summed E-state index contributed by atoms with van der Waals surface area (Å²) < 4.78 is 5.99. The molecule has 1 aromatic rings. The number of imide groups is 2. The van der Waals surface area contributed by atoms with Gasteiger partial charge in [0.05, 0.1) is 11.1 Å². The largest absolute Gasteiger partial charge is 0.491 e. The highest BCUT2D eigenvalue weighted by Crippen LogP contribution is 2.34. The molecule has 0 radical (unpaired) electrons. The van der Waals surface area contributed by atoms with Crippen molar-refractivity contribution >= 4 is 23.6 Å². The minimum absolute atomic E-state index is 0.0987. The van der Waals surface area contributed by atoms with Crippen molar-refractivity contribution in [1.82, 2.24) is 20.4 Å². The number of amides is 4. The molecule has 0 aliphatic carbocycles. The first kappa shape index (κ1) is 23.0. The summed E-state index contributed by atoms with van der Waals surface area (Å²) >= 11 is 0. The van der Waals surface area contributed by atoms with Crippen LogP contribution in [0.4, 0.5) is 0 Å². The van der Waals surface area contributed by atoms with Crippen LogP contribution >= 0.6 is 0 Å². The van der Waals surface area contributed by atoms with Crippen LogP contribution in [-0.4, -0.2) is 78.8 Å². The maximum absolute atomic E-state index is 13.2. The molecule has 5 rings (SSSR count). The molecule has 4 aliphatic rings. The van der Waals surface area contributed by atoms with Crippen molar-refractivity contribution in [2.75, 3.05) is 39.3 Å². The van der Waals surface area contributed by atoms with Gasteiger partial charge in [0.25, 0.3) is 11.8 Å². The number of piperidine rings is 3. The quantitative estimate of drug-likeness (QED) is 0.604. The first-order valence-corrected chi connectivity index (χ1v) is 12.4. The lowest BCUT2D eigenvalue weighted by Gasteiger charge is -2.37. The van der Waals surface area contributed by atoms with Gasteiger partial charge in [-0.2, -0.15) is 0 Å². The van der Waals surface area contributed by atoms with Gasteiger partial charge in [-0.15, -0.1) is 0 Å². The van der Waals surface area contributed by atoms with Crippen LogP contribution in [0.15, 0.2) is 18.2 Å². The number of carbonyl (C=O) groups excluding carboxylic acids is 4. The van der Waals surface area contributed by atoms with Gasteiger partial charge in [-0.1, -0.05) is 6.07 Å². The highest BCUT2D eigenvalue weighted by molar-refractivity contribution is 6.24. The molecule has 9 nitrogen and oxygen atoms in total. The molecule has 0 aromatic heterocycles. The van der Waals surface area contributed by atoms with Crippen LogP contribution in [0, 0.1) is 11.8 Å². The van der Waals surface area contributed by atoms with Gasteiger partial charge in [0.15, 0.2) is 0 Å². The molecule has 4 heterocycles. The highest BCUT2D eigenvalue weighted by Gasteiger charge is 2.46. The number of rotatable bonds is 6. The fourth-order valence-electron chi connectivity index (χ4n) is 5.85. The van der Waals surface area contributed by atoms with Gasteiger partial charge in [-0.05, 0) is 82.3 Å². The van der Waals surface area contributed by atoms with E-state index in [1.165, 1.54) is 25.7 Å². The smallest absolute Gasteiger partial charge is 0.266 e. The molecule has 1 aromatic carbocycles. The number of carbonyl (C=O) groups is 4. The molecule has 0 bridgehead atoms. The normalized spacial score (nSPS) is 24.9. The number of nitrogens with one attached hydrogen (secondary N) is 2. The summed E-state index contributed by atoms with van der Waals surface area (Å²) in [5.41, 5.74) is 0.455. The van der Waals surface area contributed by atoms with E-state index < -0.39 is 23.8 Å². The van der Waals surface area contributed by atoms with Crippen molar-refractivity contribution in [2.24, 2.45) is 11.8 Å². The number of ether oxygens (including phenoxy) is 1. The van der Waals surface area contributed by atoms with Gasteiger partial charge >= 0.3 is 0 Å². The first-order chi connectivity index (χ1) is 16.5. The summed E-state index contributed by atoms with van der Waals surface area (Å²) in [6.45, 7) is 5.59. The SMILES string of the molecule is O=C1CCC(N2C(=O)c3cccc(OCCN4CCC(C5CCNCC5)CC4)c3C2=O)C(=O)N1. The Morgan fingerprint density at radius 1 is 0.912 bits per heavy atom. The number of fused-ring (bicyclic) bond motifs is 1. The summed E-state index contributed by atoms with van der Waals surface area (Å²) in [7, 11) is 0. The lowest BCUT2D eigenvalue weighted by atomic mass is 9.79. The van der Waals surface area contributed by atoms with Crippen molar-refractivity contribution in [3.05, 3.63) is 29.3 Å². The van der Waals surface area contributed by atoms with E-state index in [0.717, 1.165) is 49.5 Å². The molecule has 1 atom stereocenters. The fourth-order valence-corrected chi connectivity index (χ4v) is 5.85. The zero-order chi connectivity index (χ0) is 23.7. The summed E-state index contributed by atoms with van der Waals surface area (Å²) in [4.78, 5) is 53.2. The van der Waals surface area contributed by atoms with Crippen LogP contribution in [0.1, 0.15) is 59.2 Å². The molecule has 9 heteroatoms. The average Bonchev–Trinajstić information content (AvgIpc) is 3.11. The van der Waals surface area contributed by atoms with Crippen molar-refractivity contribution < 1.29 is 23.9 Å². The van der Waals surface area contributed by atoms with Crippen LogP contribution in [0.25, 0.3) is 0 Å². The minimum Gasteiger partial charge on any atom is -0.491 e. The molecule has 4 amide bonds. The lowest BCUT2D eigenvalue weighted by Crippen LogP contribution is -2.54. The number of hydrogen-bond donors (Lipinski definition) is 2. The number of likely N-dealkylation sites (tertiary alicyclic amines) is 1. The van der Waals surface area contributed by atoms with Crippen LogP contribution in [0.2, 0.25) is 0 Å². The summed E-state index contributed by atoms with van der Waals surface area (Å²) in [6.07, 6.45) is 5.25. The first-order valence-electron chi connectivity index (χ1n) is 12.4. The summed E-state index contributed by atoms with van der Waals surface area (Å²) in [6, 6.07) is 4.00. The van der Waals surface area contributed by atoms with Crippen molar-refractivity contribution in [2.45, 2.75) is 44.6 Å². The second-order valence-electron chi connectivity index (χ2n) is 9.74. The van der Waals surface area contributed by atoms with E-state index >= 15 is 0 Å². The Morgan fingerprint density at radius 3 is 2.38 bits per heavy atom. The number of benzene rings is 1. The maximum atomic E-state index is 13.2. The van der Waals surface area contributed by atoms with Gasteiger partial charge in [0.1, 0.15) is 18.4 Å². The maximum Gasteiger partial charge on any atom is 0.266 e. The summed E-state index contributed by atoms with van der Waals surface area (Å²) in [5.74, 6) is -0.00758. The molecule has 2 N–H and O–H groups in total. The van der Waals surface area contributed by atoms with E-state index in [4.69, 9.17) is 4.74 Å². The van der Waals surface area contributed by atoms with Crippen LogP contribution in [0.5, 0.6) is 5.75 Å². The van der Waals surface area contributed by atoms with Crippen LogP contribution < -0.4 is 15.4 Å². The standard InChI is InChI=1S/C25H32N4O5/c30-21-5-4-19(23(31)27-21)29-24(32)18-2-1-3-20(22(18)25(29)33)34-15-14-28-12-8-17(9-13-28)16-6-10-26-11-7-16/h1-3,16-17,19,26H,4-15H2,(H,27,30,31). The van der Waals surface area contributed by atoms with Gasteiger partial charge in [0.2, 0.25) is 11.8 Å². The molecular weight excluding hydrogens is 436 g/mol. The molecular formula is C25H32N4O5. The molecule has 3 fully saturated rings. The Kier molecular flexibility index (Phi) is 6.65. The minimum atomic E-state index is -0.973. The van der Waals surface area contributed by atoms with E-state index in [1.807, 2.05) is 0 Å². The fraction of sp³-hybridized carbons (Fsp3) is 0.600. The molecule has 1 unspecified atom stereocenters. The molecule has 0 spiro atoms. The van der Waals surface area contributed by atoms with Gasteiger partial charge in [-0.3, -0.25) is 34.3 Å².